The number of pyridine rings is 1. The van der Waals surface area contributed by atoms with Crippen LogP contribution in [-0.2, 0) is 0 Å². The summed E-state index contributed by atoms with van der Waals surface area (Å²) in [6.45, 7) is 5.39. The molecule has 1 aromatic heterocycles. The highest BCUT2D eigenvalue weighted by molar-refractivity contribution is 5.79. The number of guanidine groups is 1. The predicted octanol–water partition coefficient (Wildman–Crippen LogP) is 2.67. The smallest absolute Gasteiger partial charge is 0.191 e. The Hall–Kier alpha value is -2.67. The molecule has 0 aliphatic heterocycles. The van der Waals surface area contributed by atoms with E-state index >= 15 is 0 Å². The molecule has 3 N–H and O–H groups in total. The molecule has 2 rings (SSSR count). The van der Waals surface area contributed by atoms with Gasteiger partial charge >= 0.3 is 0 Å². The normalized spacial score (nSPS) is 13.7. The second kappa shape index (κ2) is 11.1. The van der Waals surface area contributed by atoms with Gasteiger partial charge in [0.1, 0.15) is 17.7 Å². The highest BCUT2D eigenvalue weighted by atomic mass is 19.1. The third-order valence-electron chi connectivity index (χ3n) is 3.91. The number of rotatable bonds is 9. The molecule has 7 heteroatoms. The third kappa shape index (κ3) is 7.22. The topological polar surface area (TPSA) is 78.8 Å². The fourth-order valence-electron chi connectivity index (χ4n) is 2.42. The first-order valence-corrected chi connectivity index (χ1v) is 9.14. The van der Waals surface area contributed by atoms with Gasteiger partial charge in [-0.15, -0.1) is 0 Å². The Kier molecular flexibility index (Phi) is 8.51. The first-order valence-electron chi connectivity index (χ1n) is 9.14. The molecule has 0 aliphatic rings. The number of aliphatic imine (C=N–C) groups is 1. The summed E-state index contributed by atoms with van der Waals surface area (Å²) in [7, 11) is 0. The van der Waals surface area contributed by atoms with Crippen LogP contribution in [0.4, 0.5) is 4.39 Å². The van der Waals surface area contributed by atoms with E-state index < -0.39 is 6.10 Å². The summed E-state index contributed by atoms with van der Waals surface area (Å²) in [5.41, 5.74) is 0.769. The van der Waals surface area contributed by atoms with E-state index in [-0.39, 0.29) is 18.5 Å². The Morgan fingerprint density at radius 1 is 1.22 bits per heavy atom. The van der Waals surface area contributed by atoms with E-state index in [1.807, 2.05) is 13.8 Å². The summed E-state index contributed by atoms with van der Waals surface area (Å²) in [6.07, 6.45) is 3.19. The van der Waals surface area contributed by atoms with Crippen molar-refractivity contribution in [3.63, 3.8) is 0 Å². The molecule has 1 heterocycles. The van der Waals surface area contributed by atoms with Crippen molar-refractivity contribution in [2.45, 2.75) is 32.5 Å². The lowest BCUT2D eigenvalue weighted by Crippen LogP contribution is -2.42. The van der Waals surface area contributed by atoms with Crippen molar-refractivity contribution in [2.24, 2.45) is 4.99 Å². The van der Waals surface area contributed by atoms with Gasteiger partial charge in [-0.2, -0.15) is 0 Å². The molecule has 0 fully saturated rings. The van der Waals surface area contributed by atoms with Crippen LogP contribution in [0.15, 0.2) is 53.8 Å². The van der Waals surface area contributed by atoms with Crippen molar-refractivity contribution in [1.29, 1.82) is 0 Å². The molecule has 2 aromatic rings. The molecule has 0 aliphatic carbocycles. The zero-order valence-corrected chi connectivity index (χ0v) is 15.7. The minimum absolute atomic E-state index is 0.138. The molecular formula is C20H27FN4O2. The summed E-state index contributed by atoms with van der Waals surface area (Å²) in [4.78, 5) is 8.37. The third-order valence-corrected chi connectivity index (χ3v) is 3.91. The Morgan fingerprint density at radius 2 is 2.00 bits per heavy atom. The molecule has 146 valence electrons. The van der Waals surface area contributed by atoms with Crippen LogP contribution in [0.2, 0.25) is 0 Å². The highest BCUT2D eigenvalue weighted by Crippen LogP contribution is 2.15. The van der Waals surface area contributed by atoms with Gasteiger partial charge in [-0.1, -0.05) is 13.0 Å². The number of nitrogens with one attached hydrogen (secondary N) is 2. The lowest BCUT2D eigenvalue weighted by molar-refractivity contribution is 0.186. The van der Waals surface area contributed by atoms with Crippen LogP contribution >= 0.6 is 0 Å². The van der Waals surface area contributed by atoms with Crippen LogP contribution < -0.4 is 15.4 Å². The maximum absolute atomic E-state index is 13.3. The second-order valence-corrected chi connectivity index (χ2v) is 6.00. The monoisotopic (exact) mass is 374 g/mol. The maximum Gasteiger partial charge on any atom is 0.191 e. The van der Waals surface area contributed by atoms with E-state index in [2.05, 4.69) is 20.6 Å². The number of hydrogen-bond acceptors (Lipinski definition) is 4. The summed E-state index contributed by atoms with van der Waals surface area (Å²) in [6, 6.07) is 9.64. The maximum atomic E-state index is 13.3. The summed E-state index contributed by atoms with van der Waals surface area (Å²) < 4.78 is 19.1. The Balaban J connectivity index is 1.91. The molecule has 2 unspecified atom stereocenters. The molecule has 6 nitrogen and oxygen atoms in total. The van der Waals surface area contributed by atoms with Crippen molar-refractivity contribution in [3.8, 4) is 5.75 Å². The van der Waals surface area contributed by atoms with Crippen molar-refractivity contribution < 1.29 is 14.2 Å². The molecule has 2 atom stereocenters. The molecule has 27 heavy (non-hydrogen) atoms. The van der Waals surface area contributed by atoms with E-state index in [9.17, 15) is 9.50 Å². The number of halogens is 1. The number of benzene rings is 1. The predicted molar refractivity (Wildman–Crippen MR) is 104 cm³/mol. The van der Waals surface area contributed by atoms with Crippen LogP contribution in [0.5, 0.6) is 5.75 Å². The lowest BCUT2D eigenvalue weighted by Gasteiger charge is -2.20. The molecule has 0 spiro atoms. The van der Waals surface area contributed by atoms with Gasteiger partial charge in [-0.3, -0.25) is 9.98 Å². The SMILES string of the molecule is CCNC(=NCC(O)c1ccncc1)NCC(CC)Oc1cccc(F)c1. The lowest BCUT2D eigenvalue weighted by atomic mass is 10.1. The first kappa shape index (κ1) is 20.6. The van der Waals surface area contributed by atoms with Gasteiger partial charge in [-0.05, 0) is 43.2 Å². The molecule has 0 saturated carbocycles. The number of ether oxygens (including phenoxy) is 1. The Labute approximate surface area is 159 Å². The second-order valence-electron chi connectivity index (χ2n) is 6.00. The summed E-state index contributed by atoms with van der Waals surface area (Å²) >= 11 is 0. The number of hydrogen-bond donors (Lipinski definition) is 3. The van der Waals surface area contributed by atoms with Crippen LogP contribution in [0.1, 0.15) is 31.9 Å². The van der Waals surface area contributed by atoms with E-state index in [0.717, 1.165) is 12.0 Å². The molecule has 0 saturated heterocycles. The number of aliphatic hydroxyl groups is 1. The van der Waals surface area contributed by atoms with E-state index in [4.69, 9.17) is 4.74 Å². The van der Waals surface area contributed by atoms with Gasteiger partial charge in [0.15, 0.2) is 5.96 Å². The van der Waals surface area contributed by atoms with Gasteiger partial charge in [0, 0.05) is 25.0 Å². The van der Waals surface area contributed by atoms with Crippen molar-refractivity contribution in [1.82, 2.24) is 15.6 Å². The van der Waals surface area contributed by atoms with Gasteiger partial charge in [0.25, 0.3) is 0 Å². The van der Waals surface area contributed by atoms with Gasteiger partial charge < -0.3 is 20.5 Å². The standard InChI is InChI=1S/C20H27FN4O2/c1-3-17(27-18-7-5-6-16(21)12-18)13-24-20(23-4-2)25-14-19(26)15-8-10-22-11-9-15/h5-12,17,19,26H,3-4,13-14H2,1-2H3,(H2,23,24,25). The minimum Gasteiger partial charge on any atom is -0.489 e. The zero-order chi connectivity index (χ0) is 19.5. The van der Waals surface area contributed by atoms with Gasteiger partial charge in [0.2, 0.25) is 0 Å². The van der Waals surface area contributed by atoms with Crippen LogP contribution in [0, 0.1) is 5.82 Å². The minimum atomic E-state index is -0.700. The van der Waals surface area contributed by atoms with Crippen LogP contribution in [0.3, 0.4) is 0 Å². The Morgan fingerprint density at radius 3 is 2.67 bits per heavy atom. The number of nitrogens with zero attached hydrogens (tertiary/aromatic N) is 2. The molecule has 0 amide bonds. The van der Waals surface area contributed by atoms with Gasteiger partial charge in [-0.25, -0.2) is 4.39 Å². The molecular weight excluding hydrogens is 347 g/mol. The van der Waals surface area contributed by atoms with E-state index in [1.165, 1.54) is 12.1 Å². The molecule has 0 radical (unpaired) electrons. The fourth-order valence-corrected chi connectivity index (χ4v) is 2.42. The Bertz CT molecular complexity index is 712. The first-order chi connectivity index (χ1) is 13.1. The average Bonchev–Trinajstić information content (AvgIpc) is 2.69. The molecule has 0 bridgehead atoms. The summed E-state index contributed by atoms with van der Waals surface area (Å²) in [5.74, 6) is 0.765. The summed E-state index contributed by atoms with van der Waals surface area (Å²) in [5, 5.41) is 16.6. The van der Waals surface area contributed by atoms with Crippen molar-refractivity contribution in [2.75, 3.05) is 19.6 Å². The highest BCUT2D eigenvalue weighted by Gasteiger charge is 2.11. The fraction of sp³-hybridized carbons (Fsp3) is 0.400. The average molecular weight is 374 g/mol. The van der Waals surface area contributed by atoms with Crippen LogP contribution in [0.25, 0.3) is 0 Å². The van der Waals surface area contributed by atoms with E-state index in [0.29, 0.717) is 24.8 Å². The molecule has 1 aromatic carbocycles. The number of aromatic nitrogens is 1. The van der Waals surface area contributed by atoms with Crippen LogP contribution in [-0.4, -0.2) is 41.8 Å². The quantitative estimate of drug-likeness (QED) is 0.465. The van der Waals surface area contributed by atoms with Gasteiger partial charge in [0.05, 0.1) is 19.2 Å². The van der Waals surface area contributed by atoms with E-state index in [1.54, 1.807) is 36.7 Å². The number of aliphatic hydroxyl groups excluding tert-OH is 1. The largest absolute Gasteiger partial charge is 0.489 e. The zero-order valence-electron chi connectivity index (χ0n) is 15.7. The van der Waals surface area contributed by atoms with Crippen molar-refractivity contribution in [3.05, 3.63) is 60.2 Å². The van der Waals surface area contributed by atoms with Crippen molar-refractivity contribution >= 4 is 5.96 Å².